The first-order valence-corrected chi connectivity index (χ1v) is 5.55. The third-order valence-electron chi connectivity index (χ3n) is 1.91. The van der Waals surface area contributed by atoms with Crippen molar-refractivity contribution >= 4 is 22.2 Å². The summed E-state index contributed by atoms with van der Waals surface area (Å²) < 4.78 is 6.36. The van der Waals surface area contributed by atoms with Gasteiger partial charge in [-0.3, -0.25) is 4.79 Å². The summed E-state index contributed by atoms with van der Waals surface area (Å²) in [6.45, 7) is 4.24. The van der Waals surface area contributed by atoms with Gasteiger partial charge in [-0.05, 0) is 31.0 Å². The Morgan fingerprint density at radius 1 is 1.47 bits per heavy atom. The van der Waals surface area contributed by atoms with Gasteiger partial charge in [0.15, 0.2) is 6.29 Å². The van der Waals surface area contributed by atoms with Gasteiger partial charge in [0.05, 0.1) is 12.2 Å². The lowest BCUT2D eigenvalue weighted by Gasteiger charge is -2.07. The number of allylic oxidation sites excluding steroid dienone is 1. The van der Waals surface area contributed by atoms with Crippen molar-refractivity contribution in [2.75, 3.05) is 6.61 Å². The highest BCUT2D eigenvalue weighted by molar-refractivity contribution is 9.10. The van der Waals surface area contributed by atoms with E-state index in [1.165, 1.54) is 0 Å². The number of aldehydes is 1. The van der Waals surface area contributed by atoms with E-state index in [9.17, 15) is 4.79 Å². The second-order valence-electron chi connectivity index (χ2n) is 3.08. The van der Waals surface area contributed by atoms with Crippen LogP contribution in [0, 0.1) is 0 Å². The van der Waals surface area contributed by atoms with E-state index in [0.29, 0.717) is 17.9 Å². The molecular formula is C12H13BrO2. The Balaban J connectivity index is 2.59. The number of rotatable bonds is 6. The molecule has 0 spiro atoms. The maximum atomic E-state index is 10.8. The SMILES string of the molecule is C=CCCCOc1ccc(Br)cc1C=O. The maximum absolute atomic E-state index is 10.8. The summed E-state index contributed by atoms with van der Waals surface area (Å²) in [5, 5.41) is 0. The molecule has 0 bridgehead atoms. The summed E-state index contributed by atoms with van der Waals surface area (Å²) in [5.41, 5.74) is 0.572. The highest BCUT2D eigenvalue weighted by Crippen LogP contribution is 2.21. The number of ether oxygens (including phenoxy) is 1. The molecule has 1 aromatic rings. The molecule has 1 aromatic carbocycles. The third-order valence-corrected chi connectivity index (χ3v) is 2.40. The standard InChI is InChI=1S/C12H13BrO2/c1-2-3-4-7-15-12-6-5-11(13)8-10(12)9-14/h2,5-6,8-9H,1,3-4,7H2. The topological polar surface area (TPSA) is 26.3 Å². The number of hydrogen-bond donors (Lipinski definition) is 0. The molecule has 0 aliphatic carbocycles. The molecule has 80 valence electrons. The van der Waals surface area contributed by atoms with Crippen molar-refractivity contribution in [3.8, 4) is 5.75 Å². The molecule has 0 heterocycles. The Labute approximate surface area is 98.1 Å². The van der Waals surface area contributed by atoms with Crippen LogP contribution in [0.1, 0.15) is 23.2 Å². The molecule has 3 heteroatoms. The lowest BCUT2D eigenvalue weighted by molar-refractivity contribution is 0.111. The number of hydrogen-bond acceptors (Lipinski definition) is 2. The van der Waals surface area contributed by atoms with Crippen molar-refractivity contribution in [3.05, 3.63) is 40.9 Å². The van der Waals surface area contributed by atoms with E-state index in [1.807, 2.05) is 12.1 Å². The Kier molecular flexibility index (Phi) is 5.12. The predicted octanol–water partition coefficient (Wildman–Crippen LogP) is 3.61. The van der Waals surface area contributed by atoms with Crippen LogP contribution in [0.15, 0.2) is 35.3 Å². The van der Waals surface area contributed by atoms with Gasteiger partial charge in [0.2, 0.25) is 0 Å². The van der Waals surface area contributed by atoms with Gasteiger partial charge in [0.25, 0.3) is 0 Å². The van der Waals surface area contributed by atoms with Crippen LogP contribution < -0.4 is 4.74 Å². The van der Waals surface area contributed by atoms with E-state index in [0.717, 1.165) is 23.6 Å². The Morgan fingerprint density at radius 2 is 2.27 bits per heavy atom. The fourth-order valence-corrected chi connectivity index (χ4v) is 1.53. The summed E-state index contributed by atoms with van der Waals surface area (Å²) in [7, 11) is 0. The zero-order valence-corrected chi connectivity index (χ0v) is 10.00. The van der Waals surface area contributed by atoms with Crippen LogP contribution >= 0.6 is 15.9 Å². The van der Waals surface area contributed by atoms with Crippen LogP contribution in [0.25, 0.3) is 0 Å². The van der Waals surface area contributed by atoms with Gasteiger partial charge >= 0.3 is 0 Å². The van der Waals surface area contributed by atoms with E-state index in [2.05, 4.69) is 22.5 Å². The van der Waals surface area contributed by atoms with Gasteiger partial charge in [0.1, 0.15) is 5.75 Å². The molecule has 0 amide bonds. The van der Waals surface area contributed by atoms with E-state index >= 15 is 0 Å². The van der Waals surface area contributed by atoms with Gasteiger partial charge in [-0.15, -0.1) is 6.58 Å². The maximum Gasteiger partial charge on any atom is 0.153 e. The zero-order chi connectivity index (χ0) is 11.1. The molecule has 0 aliphatic rings. The van der Waals surface area contributed by atoms with Crippen molar-refractivity contribution in [2.45, 2.75) is 12.8 Å². The quantitative estimate of drug-likeness (QED) is 0.448. The molecule has 0 unspecified atom stereocenters. The van der Waals surface area contributed by atoms with E-state index in [-0.39, 0.29) is 0 Å². The zero-order valence-electron chi connectivity index (χ0n) is 8.41. The molecule has 0 saturated carbocycles. The van der Waals surface area contributed by atoms with Crippen molar-refractivity contribution in [1.29, 1.82) is 0 Å². The highest BCUT2D eigenvalue weighted by Gasteiger charge is 2.02. The second kappa shape index (κ2) is 6.40. The van der Waals surface area contributed by atoms with Crippen molar-refractivity contribution in [2.24, 2.45) is 0 Å². The van der Waals surface area contributed by atoms with E-state index in [4.69, 9.17) is 4.74 Å². The van der Waals surface area contributed by atoms with Gasteiger partial charge in [-0.2, -0.15) is 0 Å². The van der Waals surface area contributed by atoms with Gasteiger partial charge < -0.3 is 4.74 Å². The highest BCUT2D eigenvalue weighted by atomic mass is 79.9. The minimum atomic E-state index is 0.572. The molecule has 0 saturated heterocycles. The van der Waals surface area contributed by atoms with Crippen LogP contribution in [0.5, 0.6) is 5.75 Å². The number of carbonyl (C=O) groups excluding carboxylic acids is 1. The van der Waals surface area contributed by atoms with E-state index < -0.39 is 0 Å². The Bertz CT molecular complexity index is 347. The van der Waals surface area contributed by atoms with Crippen LogP contribution in [0.4, 0.5) is 0 Å². The lowest BCUT2D eigenvalue weighted by atomic mass is 10.2. The molecule has 0 aromatic heterocycles. The largest absolute Gasteiger partial charge is 0.493 e. The molecule has 2 nitrogen and oxygen atoms in total. The van der Waals surface area contributed by atoms with Crippen LogP contribution in [0.3, 0.4) is 0 Å². The van der Waals surface area contributed by atoms with Crippen LogP contribution in [-0.2, 0) is 0 Å². The third kappa shape index (κ3) is 3.88. The monoisotopic (exact) mass is 268 g/mol. The first-order valence-electron chi connectivity index (χ1n) is 4.76. The van der Waals surface area contributed by atoms with Crippen LogP contribution in [0.2, 0.25) is 0 Å². The van der Waals surface area contributed by atoms with Gasteiger partial charge in [-0.25, -0.2) is 0 Å². The minimum Gasteiger partial charge on any atom is -0.493 e. The molecule has 0 N–H and O–H groups in total. The average molecular weight is 269 g/mol. The number of carbonyl (C=O) groups is 1. The minimum absolute atomic E-state index is 0.572. The average Bonchev–Trinajstić information content (AvgIpc) is 2.26. The predicted molar refractivity (Wildman–Crippen MR) is 64.5 cm³/mol. The molecule has 15 heavy (non-hydrogen) atoms. The molecular weight excluding hydrogens is 256 g/mol. The Hall–Kier alpha value is -1.09. The van der Waals surface area contributed by atoms with Crippen molar-refractivity contribution < 1.29 is 9.53 Å². The van der Waals surface area contributed by atoms with Crippen molar-refractivity contribution in [1.82, 2.24) is 0 Å². The molecule has 0 fully saturated rings. The lowest BCUT2D eigenvalue weighted by Crippen LogP contribution is -1.99. The van der Waals surface area contributed by atoms with Crippen LogP contribution in [-0.4, -0.2) is 12.9 Å². The first-order chi connectivity index (χ1) is 7.27. The smallest absolute Gasteiger partial charge is 0.153 e. The summed E-state index contributed by atoms with van der Waals surface area (Å²) in [4.78, 5) is 10.8. The molecule has 0 radical (unpaired) electrons. The first kappa shape index (κ1) is 12.0. The van der Waals surface area contributed by atoms with Gasteiger partial charge in [-0.1, -0.05) is 22.0 Å². The summed E-state index contributed by atoms with van der Waals surface area (Å²) in [5.74, 6) is 0.636. The Morgan fingerprint density at radius 3 is 2.93 bits per heavy atom. The van der Waals surface area contributed by atoms with Gasteiger partial charge in [0, 0.05) is 4.47 Å². The normalized spacial score (nSPS) is 9.67. The molecule has 0 atom stereocenters. The fourth-order valence-electron chi connectivity index (χ4n) is 1.15. The second-order valence-corrected chi connectivity index (χ2v) is 4.00. The molecule has 1 rings (SSSR count). The van der Waals surface area contributed by atoms with Crippen molar-refractivity contribution in [3.63, 3.8) is 0 Å². The summed E-state index contributed by atoms with van der Waals surface area (Å²) in [6.07, 6.45) is 4.49. The number of halogens is 1. The summed E-state index contributed by atoms with van der Waals surface area (Å²) >= 11 is 3.30. The fraction of sp³-hybridized carbons (Fsp3) is 0.250. The molecule has 0 aliphatic heterocycles. The summed E-state index contributed by atoms with van der Waals surface area (Å²) in [6, 6.07) is 5.40. The number of unbranched alkanes of at least 4 members (excludes halogenated alkanes) is 1. The number of benzene rings is 1. The van der Waals surface area contributed by atoms with E-state index in [1.54, 1.807) is 12.1 Å².